The Morgan fingerprint density at radius 2 is 1.86 bits per heavy atom. The SMILES string of the molecule is COc1ccc(F)c(C(=O)Nc2ccc3c(c2)nc(C(C)(C)C)n3C)c1OC. The molecule has 0 aliphatic heterocycles. The van der Waals surface area contributed by atoms with E-state index in [-0.39, 0.29) is 22.5 Å². The number of carbonyl (C=O) groups is 1. The summed E-state index contributed by atoms with van der Waals surface area (Å²) in [5.74, 6) is -0.0480. The summed E-state index contributed by atoms with van der Waals surface area (Å²) in [6.45, 7) is 6.28. The van der Waals surface area contributed by atoms with E-state index in [1.165, 1.54) is 26.4 Å². The third-order valence-electron chi connectivity index (χ3n) is 4.53. The van der Waals surface area contributed by atoms with Gasteiger partial charge >= 0.3 is 0 Å². The number of aromatic nitrogens is 2. The minimum atomic E-state index is -0.691. The molecule has 7 heteroatoms. The van der Waals surface area contributed by atoms with Crippen LogP contribution in [0.15, 0.2) is 30.3 Å². The predicted molar refractivity (Wildman–Crippen MR) is 107 cm³/mol. The molecule has 0 aliphatic carbocycles. The molecule has 0 spiro atoms. The van der Waals surface area contributed by atoms with Crippen molar-refractivity contribution in [2.24, 2.45) is 7.05 Å². The summed E-state index contributed by atoms with van der Waals surface area (Å²) in [5, 5.41) is 2.72. The van der Waals surface area contributed by atoms with Crippen molar-refractivity contribution in [1.29, 1.82) is 0 Å². The van der Waals surface area contributed by atoms with E-state index in [4.69, 9.17) is 14.5 Å². The van der Waals surface area contributed by atoms with Crippen LogP contribution in [0.4, 0.5) is 10.1 Å². The first-order valence-corrected chi connectivity index (χ1v) is 8.86. The van der Waals surface area contributed by atoms with Crippen LogP contribution in [0.1, 0.15) is 37.0 Å². The lowest BCUT2D eigenvalue weighted by Crippen LogP contribution is -2.17. The number of methoxy groups -OCH3 is 2. The number of ether oxygens (including phenoxy) is 2. The molecule has 0 radical (unpaired) electrons. The number of fused-ring (bicyclic) bond motifs is 1. The van der Waals surface area contributed by atoms with Crippen molar-refractivity contribution in [1.82, 2.24) is 9.55 Å². The van der Waals surface area contributed by atoms with Crippen LogP contribution in [0.3, 0.4) is 0 Å². The standard InChI is InChI=1S/C21H24FN3O3/c1-21(2,3)20-24-14-11-12(7-9-15(14)25(20)4)23-19(26)17-13(22)8-10-16(27-5)18(17)28-6/h7-11H,1-6H3,(H,23,26). The zero-order valence-corrected chi connectivity index (χ0v) is 16.9. The largest absolute Gasteiger partial charge is 0.493 e. The molecule has 1 N–H and O–H groups in total. The molecular weight excluding hydrogens is 361 g/mol. The van der Waals surface area contributed by atoms with Crippen molar-refractivity contribution >= 4 is 22.6 Å². The molecule has 6 nitrogen and oxygen atoms in total. The zero-order valence-electron chi connectivity index (χ0n) is 16.9. The van der Waals surface area contributed by atoms with E-state index in [1.54, 1.807) is 12.1 Å². The Kier molecular flexibility index (Phi) is 5.02. The van der Waals surface area contributed by atoms with E-state index in [2.05, 4.69) is 26.1 Å². The summed E-state index contributed by atoms with van der Waals surface area (Å²) in [7, 11) is 4.76. The van der Waals surface area contributed by atoms with Crippen LogP contribution in [0.25, 0.3) is 11.0 Å². The number of imidazole rings is 1. The number of hydrogen-bond donors (Lipinski definition) is 1. The highest BCUT2D eigenvalue weighted by atomic mass is 19.1. The van der Waals surface area contributed by atoms with Gasteiger partial charge < -0.3 is 19.4 Å². The first-order chi connectivity index (χ1) is 13.2. The third kappa shape index (κ3) is 3.40. The Morgan fingerprint density at radius 3 is 2.46 bits per heavy atom. The Hall–Kier alpha value is -3.09. The van der Waals surface area contributed by atoms with Gasteiger partial charge in [-0.3, -0.25) is 4.79 Å². The van der Waals surface area contributed by atoms with Crippen molar-refractivity contribution in [2.45, 2.75) is 26.2 Å². The van der Waals surface area contributed by atoms with Crippen LogP contribution in [0.2, 0.25) is 0 Å². The Labute approximate surface area is 163 Å². The second kappa shape index (κ2) is 7.14. The topological polar surface area (TPSA) is 65.4 Å². The molecule has 148 valence electrons. The monoisotopic (exact) mass is 385 g/mol. The average Bonchev–Trinajstić information content (AvgIpc) is 2.97. The van der Waals surface area contributed by atoms with E-state index < -0.39 is 11.7 Å². The van der Waals surface area contributed by atoms with E-state index >= 15 is 0 Å². The molecular formula is C21H24FN3O3. The maximum atomic E-state index is 14.3. The van der Waals surface area contributed by atoms with E-state index in [0.717, 1.165) is 16.9 Å². The highest BCUT2D eigenvalue weighted by Crippen LogP contribution is 2.33. The molecule has 1 heterocycles. The van der Waals surface area contributed by atoms with Gasteiger partial charge in [-0.05, 0) is 30.3 Å². The molecule has 1 aromatic heterocycles. The third-order valence-corrected chi connectivity index (χ3v) is 4.53. The summed E-state index contributed by atoms with van der Waals surface area (Å²) in [6, 6.07) is 8.00. The molecule has 3 rings (SSSR count). The lowest BCUT2D eigenvalue weighted by molar-refractivity contribution is 0.101. The number of rotatable bonds is 4. The molecule has 0 unspecified atom stereocenters. The van der Waals surface area contributed by atoms with Gasteiger partial charge in [0.1, 0.15) is 17.2 Å². The first-order valence-electron chi connectivity index (χ1n) is 8.86. The molecule has 1 amide bonds. The lowest BCUT2D eigenvalue weighted by atomic mass is 9.96. The fourth-order valence-electron chi connectivity index (χ4n) is 3.26. The number of nitrogens with one attached hydrogen (secondary N) is 1. The van der Waals surface area contributed by atoms with Gasteiger partial charge in [0.25, 0.3) is 5.91 Å². The van der Waals surface area contributed by atoms with Crippen molar-refractivity contribution in [2.75, 3.05) is 19.5 Å². The fourth-order valence-corrected chi connectivity index (χ4v) is 3.26. The van der Waals surface area contributed by atoms with Gasteiger partial charge in [-0.1, -0.05) is 20.8 Å². The van der Waals surface area contributed by atoms with Crippen LogP contribution in [0.5, 0.6) is 11.5 Å². The van der Waals surface area contributed by atoms with Crippen LogP contribution < -0.4 is 14.8 Å². The van der Waals surface area contributed by atoms with E-state index in [9.17, 15) is 9.18 Å². The van der Waals surface area contributed by atoms with Crippen LogP contribution in [-0.4, -0.2) is 29.7 Å². The number of aryl methyl sites for hydroxylation is 1. The number of hydrogen-bond acceptors (Lipinski definition) is 4. The van der Waals surface area contributed by atoms with Gasteiger partial charge in [0.05, 0.1) is 25.3 Å². The maximum Gasteiger partial charge on any atom is 0.262 e. The van der Waals surface area contributed by atoms with Gasteiger partial charge in [-0.15, -0.1) is 0 Å². The second-order valence-corrected chi connectivity index (χ2v) is 7.56. The maximum absolute atomic E-state index is 14.3. The Morgan fingerprint density at radius 1 is 1.14 bits per heavy atom. The van der Waals surface area contributed by atoms with Gasteiger partial charge in [0.2, 0.25) is 0 Å². The van der Waals surface area contributed by atoms with Gasteiger partial charge in [0, 0.05) is 18.2 Å². The van der Waals surface area contributed by atoms with Gasteiger partial charge in [-0.25, -0.2) is 9.37 Å². The number of nitrogens with zero attached hydrogens (tertiary/aromatic N) is 2. The van der Waals surface area contributed by atoms with E-state index in [0.29, 0.717) is 5.69 Å². The highest BCUT2D eigenvalue weighted by molar-refractivity contribution is 6.07. The molecule has 0 saturated heterocycles. The van der Waals surface area contributed by atoms with Crippen LogP contribution in [0, 0.1) is 5.82 Å². The van der Waals surface area contributed by atoms with Crippen LogP contribution >= 0.6 is 0 Å². The molecule has 0 aliphatic rings. The summed E-state index contributed by atoms with van der Waals surface area (Å²) in [4.78, 5) is 17.4. The van der Waals surface area contributed by atoms with Crippen LogP contribution in [-0.2, 0) is 12.5 Å². The molecule has 0 atom stereocenters. The summed E-state index contributed by atoms with van der Waals surface area (Å²) in [6.07, 6.45) is 0. The summed E-state index contributed by atoms with van der Waals surface area (Å²) in [5.41, 5.74) is 1.89. The smallest absolute Gasteiger partial charge is 0.262 e. The second-order valence-electron chi connectivity index (χ2n) is 7.56. The fraction of sp³-hybridized carbons (Fsp3) is 0.333. The summed E-state index contributed by atoms with van der Waals surface area (Å²) >= 11 is 0. The molecule has 0 bridgehead atoms. The molecule has 2 aromatic carbocycles. The minimum absolute atomic E-state index is 0.0499. The lowest BCUT2D eigenvalue weighted by Gasteiger charge is -2.17. The molecule has 28 heavy (non-hydrogen) atoms. The Balaban J connectivity index is 1.99. The zero-order chi connectivity index (χ0) is 20.6. The number of anilines is 1. The van der Waals surface area contributed by atoms with Gasteiger partial charge in [0.15, 0.2) is 11.5 Å². The molecule has 0 fully saturated rings. The quantitative estimate of drug-likeness (QED) is 0.728. The van der Waals surface area contributed by atoms with Crippen molar-refractivity contribution < 1.29 is 18.7 Å². The molecule has 3 aromatic rings. The Bertz CT molecular complexity index is 1050. The minimum Gasteiger partial charge on any atom is -0.493 e. The first kappa shape index (κ1) is 19.7. The van der Waals surface area contributed by atoms with Crippen molar-refractivity contribution in [3.05, 3.63) is 47.5 Å². The summed E-state index contributed by atoms with van der Waals surface area (Å²) < 4.78 is 26.7. The van der Waals surface area contributed by atoms with Gasteiger partial charge in [-0.2, -0.15) is 0 Å². The van der Waals surface area contributed by atoms with E-state index in [1.807, 2.05) is 17.7 Å². The number of halogens is 1. The predicted octanol–water partition coefficient (Wildman–Crippen LogP) is 4.28. The number of amides is 1. The average molecular weight is 385 g/mol. The number of benzene rings is 2. The number of carbonyl (C=O) groups excluding carboxylic acids is 1. The normalized spacial score (nSPS) is 11.5. The van der Waals surface area contributed by atoms with Crippen molar-refractivity contribution in [3.8, 4) is 11.5 Å². The molecule has 0 saturated carbocycles. The highest BCUT2D eigenvalue weighted by Gasteiger charge is 2.23. The van der Waals surface area contributed by atoms with Crippen molar-refractivity contribution in [3.63, 3.8) is 0 Å².